The Hall–Kier alpha value is -0.940. The molecule has 0 bridgehead atoms. The van der Waals surface area contributed by atoms with Crippen LogP contribution in [0.3, 0.4) is 0 Å². The summed E-state index contributed by atoms with van der Waals surface area (Å²) >= 11 is 0. The van der Waals surface area contributed by atoms with Crippen LogP contribution >= 0.6 is 0 Å². The minimum Gasteiger partial charge on any atom is -0.395 e. The van der Waals surface area contributed by atoms with E-state index in [1.807, 2.05) is 42.2 Å². The summed E-state index contributed by atoms with van der Waals surface area (Å²) in [6.07, 6.45) is -0.514. The molecule has 0 aliphatic rings. The molecule has 1 rings (SSSR count). The number of aliphatic hydroxyl groups is 2. The first-order valence-electron chi connectivity index (χ1n) is 6.39. The molecule has 0 unspecified atom stereocenters. The van der Waals surface area contributed by atoms with Gasteiger partial charge in [0.1, 0.15) is 0 Å². The first-order valence-corrected chi connectivity index (χ1v) is 6.39. The lowest BCUT2D eigenvalue weighted by atomic mass is 10.2. The standard InChI is InChI=1S/C14H23NO3/c1-2-15(8-9-16)10-14(17)12-18-11-13-6-4-3-5-7-13/h3-7,14,16-17H,2,8-12H2,1H3/t14-/m0/s1. The molecule has 102 valence electrons. The van der Waals surface area contributed by atoms with Gasteiger partial charge in [-0.25, -0.2) is 0 Å². The molecule has 4 nitrogen and oxygen atoms in total. The largest absolute Gasteiger partial charge is 0.395 e. The second-order valence-electron chi connectivity index (χ2n) is 4.27. The van der Waals surface area contributed by atoms with E-state index in [2.05, 4.69) is 0 Å². The monoisotopic (exact) mass is 253 g/mol. The van der Waals surface area contributed by atoms with Gasteiger partial charge in [-0.05, 0) is 12.1 Å². The van der Waals surface area contributed by atoms with E-state index >= 15 is 0 Å². The normalized spacial score (nSPS) is 12.9. The fraction of sp³-hybridized carbons (Fsp3) is 0.571. The maximum atomic E-state index is 9.81. The predicted octanol–water partition coefficient (Wildman–Crippen LogP) is 0.878. The van der Waals surface area contributed by atoms with E-state index in [4.69, 9.17) is 9.84 Å². The zero-order chi connectivity index (χ0) is 13.2. The summed E-state index contributed by atoms with van der Waals surface area (Å²) in [5.41, 5.74) is 1.10. The Bertz CT molecular complexity index is 305. The molecule has 0 saturated heterocycles. The summed E-state index contributed by atoms with van der Waals surface area (Å²) in [7, 11) is 0. The minimum absolute atomic E-state index is 0.117. The molecule has 0 radical (unpaired) electrons. The van der Waals surface area contributed by atoms with Crippen molar-refractivity contribution in [3.05, 3.63) is 35.9 Å². The second-order valence-corrected chi connectivity index (χ2v) is 4.27. The van der Waals surface area contributed by atoms with Crippen LogP contribution < -0.4 is 0 Å². The van der Waals surface area contributed by atoms with Crippen molar-refractivity contribution in [1.29, 1.82) is 0 Å². The highest BCUT2D eigenvalue weighted by Crippen LogP contribution is 2.01. The third-order valence-corrected chi connectivity index (χ3v) is 2.75. The topological polar surface area (TPSA) is 52.9 Å². The number of likely N-dealkylation sites (N-methyl/N-ethyl adjacent to an activating group) is 1. The van der Waals surface area contributed by atoms with Crippen LogP contribution in [0.4, 0.5) is 0 Å². The third kappa shape index (κ3) is 6.12. The van der Waals surface area contributed by atoms with Gasteiger partial charge in [-0.1, -0.05) is 37.3 Å². The quantitative estimate of drug-likeness (QED) is 0.686. The second kappa shape index (κ2) is 9.05. The average molecular weight is 253 g/mol. The van der Waals surface area contributed by atoms with Crippen LogP contribution in [0.15, 0.2) is 30.3 Å². The van der Waals surface area contributed by atoms with Crippen molar-refractivity contribution < 1.29 is 14.9 Å². The van der Waals surface area contributed by atoms with E-state index in [0.29, 0.717) is 26.3 Å². The number of ether oxygens (including phenoxy) is 1. The van der Waals surface area contributed by atoms with Crippen molar-refractivity contribution in [1.82, 2.24) is 4.90 Å². The van der Waals surface area contributed by atoms with Gasteiger partial charge < -0.3 is 14.9 Å². The van der Waals surface area contributed by atoms with E-state index < -0.39 is 6.10 Å². The lowest BCUT2D eigenvalue weighted by molar-refractivity contribution is 0.00854. The molecule has 0 aliphatic heterocycles. The maximum absolute atomic E-state index is 9.81. The molecule has 1 aromatic rings. The van der Waals surface area contributed by atoms with Gasteiger partial charge >= 0.3 is 0 Å². The zero-order valence-corrected chi connectivity index (χ0v) is 11.0. The Balaban J connectivity index is 2.18. The van der Waals surface area contributed by atoms with Gasteiger partial charge in [0, 0.05) is 13.1 Å². The van der Waals surface area contributed by atoms with Crippen molar-refractivity contribution in [3.63, 3.8) is 0 Å². The van der Waals surface area contributed by atoms with E-state index in [0.717, 1.165) is 12.1 Å². The molecule has 1 aromatic carbocycles. The lowest BCUT2D eigenvalue weighted by Crippen LogP contribution is -2.36. The van der Waals surface area contributed by atoms with Gasteiger partial charge in [-0.15, -0.1) is 0 Å². The summed E-state index contributed by atoms with van der Waals surface area (Å²) < 4.78 is 5.47. The molecule has 0 saturated carbocycles. The summed E-state index contributed by atoms with van der Waals surface area (Å²) in [5, 5.41) is 18.7. The highest BCUT2D eigenvalue weighted by atomic mass is 16.5. The first-order chi connectivity index (χ1) is 8.76. The van der Waals surface area contributed by atoms with Crippen LogP contribution in [0, 0.1) is 0 Å². The van der Waals surface area contributed by atoms with Crippen LogP contribution in [-0.4, -0.2) is 54.1 Å². The molecule has 0 aromatic heterocycles. The fourth-order valence-electron chi connectivity index (χ4n) is 1.76. The summed E-state index contributed by atoms with van der Waals surface area (Å²) in [5.74, 6) is 0. The zero-order valence-electron chi connectivity index (χ0n) is 11.0. The predicted molar refractivity (Wildman–Crippen MR) is 71.3 cm³/mol. The van der Waals surface area contributed by atoms with Crippen LogP contribution in [-0.2, 0) is 11.3 Å². The fourth-order valence-corrected chi connectivity index (χ4v) is 1.76. The molecule has 0 amide bonds. The van der Waals surface area contributed by atoms with Crippen LogP contribution in [0.25, 0.3) is 0 Å². The van der Waals surface area contributed by atoms with E-state index in [-0.39, 0.29) is 6.61 Å². The number of hydrogen-bond acceptors (Lipinski definition) is 4. The van der Waals surface area contributed by atoms with E-state index in [1.165, 1.54) is 0 Å². The van der Waals surface area contributed by atoms with Crippen molar-refractivity contribution in [3.8, 4) is 0 Å². The van der Waals surface area contributed by atoms with Crippen LogP contribution in [0.2, 0.25) is 0 Å². The smallest absolute Gasteiger partial charge is 0.0900 e. The number of aliphatic hydroxyl groups excluding tert-OH is 2. The van der Waals surface area contributed by atoms with Gasteiger partial charge in [0.25, 0.3) is 0 Å². The number of benzene rings is 1. The number of nitrogens with zero attached hydrogens (tertiary/aromatic N) is 1. The van der Waals surface area contributed by atoms with Crippen LogP contribution in [0.5, 0.6) is 0 Å². The van der Waals surface area contributed by atoms with Crippen molar-refractivity contribution in [2.24, 2.45) is 0 Å². The Kier molecular flexibility index (Phi) is 7.60. The van der Waals surface area contributed by atoms with Crippen molar-refractivity contribution in [2.75, 3.05) is 32.8 Å². The van der Waals surface area contributed by atoms with E-state index in [9.17, 15) is 5.11 Å². The Morgan fingerprint density at radius 1 is 1.28 bits per heavy atom. The van der Waals surface area contributed by atoms with Gasteiger partial charge in [-0.3, -0.25) is 4.90 Å². The minimum atomic E-state index is -0.514. The Labute approximate surface area is 109 Å². The van der Waals surface area contributed by atoms with Gasteiger partial charge in [0.05, 0.1) is 25.9 Å². The molecule has 1 atom stereocenters. The van der Waals surface area contributed by atoms with Gasteiger partial charge in [-0.2, -0.15) is 0 Å². The Morgan fingerprint density at radius 2 is 2.00 bits per heavy atom. The molecule has 0 fully saturated rings. The average Bonchev–Trinajstić information content (AvgIpc) is 2.39. The molecular formula is C14H23NO3. The Morgan fingerprint density at radius 3 is 2.61 bits per heavy atom. The molecule has 0 heterocycles. The highest BCUT2D eigenvalue weighted by Gasteiger charge is 2.09. The van der Waals surface area contributed by atoms with E-state index in [1.54, 1.807) is 0 Å². The van der Waals surface area contributed by atoms with Gasteiger partial charge in [0.15, 0.2) is 0 Å². The summed E-state index contributed by atoms with van der Waals surface area (Å²) in [6, 6.07) is 9.89. The molecule has 4 heteroatoms. The molecule has 2 N–H and O–H groups in total. The van der Waals surface area contributed by atoms with Crippen LogP contribution in [0.1, 0.15) is 12.5 Å². The molecular weight excluding hydrogens is 230 g/mol. The molecule has 0 spiro atoms. The molecule has 0 aliphatic carbocycles. The third-order valence-electron chi connectivity index (χ3n) is 2.75. The number of hydrogen-bond donors (Lipinski definition) is 2. The lowest BCUT2D eigenvalue weighted by Gasteiger charge is -2.22. The summed E-state index contributed by atoms with van der Waals surface area (Å²) in [6.45, 7) is 4.90. The molecule has 18 heavy (non-hydrogen) atoms. The first kappa shape index (κ1) is 15.1. The van der Waals surface area contributed by atoms with Crippen molar-refractivity contribution >= 4 is 0 Å². The van der Waals surface area contributed by atoms with Gasteiger partial charge in [0.2, 0.25) is 0 Å². The highest BCUT2D eigenvalue weighted by molar-refractivity contribution is 5.13. The summed E-state index contributed by atoms with van der Waals surface area (Å²) in [4.78, 5) is 2.00. The SMILES string of the molecule is CCN(CCO)C[C@H](O)COCc1ccccc1. The van der Waals surface area contributed by atoms with Crippen molar-refractivity contribution in [2.45, 2.75) is 19.6 Å². The maximum Gasteiger partial charge on any atom is 0.0900 e. The number of rotatable bonds is 9.